The fourth-order valence-electron chi connectivity index (χ4n) is 0.403. The molecule has 0 unspecified atom stereocenters. The summed E-state index contributed by atoms with van der Waals surface area (Å²) in [7, 11) is 0. The molecule has 0 bridgehead atoms. The highest BCUT2D eigenvalue weighted by molar-refractivity contribution is 4.47. The summed E-state index contributed by atoms with van der Waals surface area (Å²) < 4.78 is 33.9. The molecule has 0 fully saturated rings. The highest BCUT2D eigenvalue weighted by Gasteiger charge is 1.98. The van der Waals surface area contributed by atoms with Crippen molar-refractivity contribution in [3.63, 3.8) is 0 Å². The van der Waals surface area contributed by atoms with Crippen molar-refractivity contribution in [1.29, 1.82) is 0 Å². The zero-order valence-electron chi connectivity index (χ0n) is 5.04. The Morgan fingerprint density at radius 3 is 2.44 bits per heavy atom. The summed E-state index contributed by atoms with van der Waals surface area (Å²) in [5.74, 6) is 0. The predicted octanol–water partition coefficient (Wildman–Crippen LogP) is 1.20. The molecule has 0 aromatic rings. The lowest BCUT2D eigenvalue weighted by Gasteiger charge is -1.99. The van der Waals surface area contributed by atoms with E-state index >= 15 is 0 Å². The monoisotopic (exact) mass is 141 g/mol. The number of halogens is 3. The highest BCUT2D eigenvalue weighted by Crippen LogP contribution is 1.87. The van der Waals surface area contributed by atoms with Crippen LogP contribution in [0, 0.1) is 0 Å². The maximum atomic E-state index is 11.3. The number of nitrogens with one attached hydrogen (secondary N) is 1. The standard InChI is InChI=1S/C5H10F3N/c6-2-1-3-9-4-5(7)8/h5,9H,1-4H2. The van der Waals surface area contributed by atoms with Gasteiger partial charge in [-0.3, -0.25) is 4.39 Å². The Labute approximate surface area is 52.2 Å². The van der Waals surface area contributed by atoms with E-state index in [1.165, 1.54) is 0 Å². The van der Waals surface area contributed by atoms with E-state index < -0.39 is 13.1 Å². The van der Waals surface area contributed by atoms with Crippen molar-refractivity contribution in [1.82, 2.24) is 5.32 Å². The molecule has 0 aliphatic rings. The molecule has 0 aliphatic carbocycles. The first-order valence-corrected chi connectivity index (χ1v) is 2.82. The molecule has 0 spiro atoms. The molecule has 0 heterocycles. The van der Waals surface area contributed by atoms with Crippen molar-refractivity contribution in [2.75, 3.05) is 19.8 Å². The summed E-state index contributed by atoms with van der Waals surface area (Å²) in [6, 6.07) is 0. The van der Waals surface area contributed by atoms with Gasteiger partial charge in [0.05, 0.1) is 13.2 Å². The van der Waals surface area contributed by atoms with E-state index in [4.69, 9.17) is 0 Å². The molecule has 9 heavy (non-hydrogen) atoms. The Morgan fingerprint density at radius 2 is 2.00 bits per heavy atom. The Hall–Kier alpha value is -0.250. The average molecular weight is 141 g/mol. The molecule has 0 aromatic heterocycles. The summed E-state index contributed by atoms with van der Waals surface area (Å²) >= 11 is 0. The average Bonchev–Trinajstić information content (AvgIpc) is 1.80. The van der Waals surface area contributed by atoms with Gasteiger partial charge in [-0.15, -0.1) is 0 Å². The van der Waals surface area contributed by atoms with Gasteiger partial charge in [0.1, 0.15) is 0 Å². The number of alkyl halides is 3. The topological polar surface area (TPSA) is 12.0 Å². The second-order valence-corrected chi connectivity index (χ2v) is 1.64. The van der Waals surface area contributed by atoms with Gasteiger partial charge in [0.25, 0.3) is 6.43 Å². The smallest absolute Gasteiger partial charge is 0.250 e. The molecule has 1 N–H and O–H groups in total. The lowest BCUT2D eigenvalue weighted by atomic mass is 10.4. The van der Waals surface area contributed by atoms with Crippen LogP contribution < -0.4 is 5.32 Å². The predicted molar refractivity (Wildman–Crippen MR) is 29.5 cm³/mol. The van der Waals surface area contributed by atoms with Crippen LogP contribution in [0.5, 0.6) is 0 Å². The molecule has 0 aromatic carbocycles. The van der Waals surface area contributed by atoms with Gasteiger partial charge in [-0.05, 0) is 13.0 Å². The quantitative estimate of drug-likeness (QED) is 0.567. The van der Waals surface area contributed by atoms with Crippen LogP contribution in [0.1, 0.15) is 6.42 Å². The zero-order valence-corrected chi connectivity index (χ0v) is 5.04. The minimum absolute atomic E-state index is 0.312. The lowest BCUT2D eigenvalue weighted by molar-refractivity contribution is 0.146. The van der Waals surface area contributed by atoms with Crippen LogP contribution in [-0.2, 0) is 0 Å². The van der Waals surface area contributed by atoms with E-state index in [1.807, 2.05) is 0 Å². The van der Waals surface area contributed by atoms with Crippen molar-refractivity contribution >= 4 is 0 Å². The highest BCUT2D eigenvalue weighted by atomic mass is 19.3. The maximum Gasteiger partial charge on any atom is 0.250 e. The molecule has 0 amide bonds. The molecule has 0 atom stereocenters. The van der Waals surface area contributed by atoms with E-state index in [0.29, 0.717) is 13.0 Å². The summed E-state index contributed by atoms with van der Waals surface area (Å²) in [4.78, 5) is 0. The van der Waals surface area contributed by atoms with Crippen LogP contribution in [0.3, 0.4) is 0 Å². The number of rotatable bonds is 5. The normalized spacial score (nSPS) is 10.7. The van der Waals surface area contributed by atoms with Crippen molar-refractivity contribution in [2.24, 2.45) is 0 Å². The van der Waals surface area contributed by atoms with Gasteiger partial charge >= 0.3 is 0 Å². The Kier molecular flexibility index (Phi) is 5.72. The fourth-order valence-corrected chi connectivity index (χ4v) is 0.403. The van der Waals surface area contributed by atoms with Gasteiger partial charge in [-0.1, -0.05) is 0 Å². The van der Waals surface area contributed by atoms with Crippen LogP contribution >= 0.6 is 0 Å². The third kappa shape index (κ3) is 7.75. The Bertz CT molecular complexity index is 58.2. The molecule has 1 nitrogen and oxygen atoms in total. The first-order chi connectivity index (χ1) is 4.27. The van der Waals surface area contributed by atoms with E-state index in [0.717, 1.165) is 0 Å². The second kappa shape index (κ2) is 5.88. The SMILES string of the molecule is FCCCNCC(F)F. The van der Waals surface area contributed by atoms with Gasteiger partial charge in [-0.2, -0.15) is 0 Å². The van der Waals surface area contributed by atoms with Crippen molar-refractivity contribution in [3.05, 3.63) is 0 Å². The molecular formula is C5H10F3N. The van der Waals surface area contributed by atoms with E-state index in [9.17, 15) is 13.2 Å². The summed E-state index contributed by atoms with van der Waals surface area (Å²) in [5, 5.41) is 2.40. The Morgan fingerprint density at radius 1 is 1.33 bits per heavy atom. The van der Waals surface area contributed by atoms with Crippen LogP contribution in [0.2, 0.25) is 0 Å². The van der Waals surface area contributed by atoms with Gasteiger partial charge < -0.3 is 5.32 Å². The van der Waals surface area contributed by atoms with Crippen LogP contribution in [0.4, 0.5) is 13.2 Å². The van der Waals surface area contributed by atoms with E-state index in [-0.39, 0.29) is 6.54 Å². The molecule has 0 radical (unpaired) electrons. The molecule has 56 valence electrons. The molecule has 0 saturated carbocycles. The van der Waals surface area contributed by atoms with E-state index in [2.05, 4.69) is 5.32 Å². The van der Waals surface area contributed by atoms with Gasteiger partial charge in [0.15, 0.2) is 0 Å². The minimum Gasteiger partial charge on any atom is -0.311 e. The van der Waals surface area contributed by atoms with Crippen molar-refractivity contribution < 1.29 is 13.2 Å². The van der Waals surface area contributed by atoms with Gasteiger partial charge in [-0.25, -0.2) is 8.78 Å². The summed E-state index contributed by atoms with van der Waals surface area (Å²) in [5.41, 5.74) is 0. The van der Waals surface area contributed by atoms with Crippen molar-refractivity contribution in [3.8, 4) is 0 Å². The summed E-state index contributed by atoms with van der Waals surface area (Å²) in [6.45, 7) is -0.447. The van der Waals surface area contributed by atoms with E-state index in [1.54, 1.807) is 0 Å². The van der Waals surface area contributed by atoms with Crippen LogP contribution in [0.15, 0.2) is 0 Å². The zero-order chi connectivity index (χ0) is 7.11. The first kappa shape index (κ1) is 8.75. The lowest BCUT2D eigenvalue weighted by Crippen LogP contribution is -2.22. The molecule has 0 saturated heterocycles. The molecular weight excluding hydrogens is 131 g/mol. The van der Waals surface area contributed by atoms with Crippen molar-refractivity contribution in [2.45, 2.75) is 12.8 Å². The van der Waals surface area contributed by atoms with Gasteiger partial charge in [0, 0.05) is 0 Å². The summed E-state index contributed by atoms with van der Waals surface area (Å²) in [6.07, 6.45) is -2.02. The van der Waals surface area contributed by atoms with Crippen LogP contribution in [-0.4, -0.2) is 26.2 Å². The maximum absolute atomic E-state index is 11.3. The third-order valence-electron chi connectivity index (χ3n) is 0.786. The molecule has 0 aliphatic heterocycles. The van der Waals surface area contributed by atoms with Crippen LogP contribution in [0.25, 0.3) is 0 Å². The largest absolute Gasteiger partial charge is 0.311 e. The molecule has 0 rings (SSSR count). The number of hydrogen-bond acceptors (Lipinski definition) is 1. The minimum atomic E-state index is -2.33. The third-order valence-corrected chi connectivity index (χ3v) is 0.786. The van der Waals surface area contributed by atoms with Gasteiger partial charge in [0.2, 0.25) is 0 Å². The number of hydrogen-bond donors (Lipinski definition) is 1. The first-order valence-electron chi connectivity index (χ1n) is 2.82. The fraction of sp³-hybridized carbons (Fsp3) is 1.00. The Balaban J connectivity index is 2.75. The second-order valence-electron chi connectivity index (χ2n) is 1.64. The molecule has 4 heteroatoms.